The Labute approximate surface area is 88.3 Å². The van der Waals surface area contributed by atoms with E-state index in [1.807, 2.05) is 0 Å². The van der Waals surface area contributed by atoms with Gasteiger partial charge in [0.25, 0.3) is 0 Å². The van der Waals surface area contributed by atoms with Crippen molar-refractivity contribution in [3.63, 3.8) is 0 Å². The molecule has 0 aliphatic rings. The molecule has 0 unspecified atom stereocenters. The third-order valence-electron chi connectivity index (χ3n) is 2.15. The fraction of sp³-hybridized carbons (Fsp3) is 0.0909. The Balaban J connectivity index is 2.90. The molecule has 0 amide bonds. The SMILES string of the molecule is CC(=O)c1cc2c(F)cc(F)cc2oc1=O. The molecule has 0 spiro atoms. The number of carbonyl (C=O) groups excluding carboxylic acids is 1. The Morgan fingerprint density at radius 2 is 1.94 bits per heavy atom. The Bertz CT molecular complexity index is 643. The van der Waals surface area contributed by atoms with Crippen molar-refractivity contribution in [1.29, 1.82) is 0 Å². The normalized spacial score (nSPS) is 10.7. The molecular formula is C11H6F2O3. The predicted molar refractivity (Wildman–Crippen MR) is 52.4 cm³/mol. The van der Waals surface area contributed by atoms with E-state index in [0.29, 0.717) is 6.07 Å². The molecule has 1 aromatic carbocycles. The topological polar surface area (TPSA) is 47.3 Å². The zero-order valence-electron chi connectivity index (χ0n) is 8.21. The standard InChI is InChI=1S/C11H6F2O3/c1-5(14)7-4-8-9(13)2-6(12)3-10(8)16-11(7)15/h2-4H,1H3. The molecule has 0 saturated carbocycles. The third-order valence-corrected chi connectivity index (χ3v) is 2.15. The van der Waals surface area contributed by atoms with E-state index < -0.39 is 23.0 Å². The molecule has 1 heterocycles. The van der Waals surface area contributed by atoms with Crippen molar-refractivity contribution in [2.75, 3.05) is 0 Å². The monoisotopic (exact) mass is 224 g/mol. The minimum absolute atomic E-state index is 0.0915. The van der Waals surface area contributed by atoms with Gasteiger partial charge in [-0.05, 0) is 13.0 Å². The van der Waals surface area contributed by atoms with Crippen molar-refractivity contribution >= 4 is 16.8 Å². The summed E-state index contributed by atoms with van der Waals surface area (Å²) in [7, 11) is 0. The van der Waals surface area contributed by atoms with E-state index in [4.69, 9.17) is 0 Å². The molecule has 0 N–H and O–H groups in total. The van der Waals surface area contributed by atoms with E-state index in [0.717, 1.165) is 12.1 Å². The van der Waals surface area contributed by atoms with E-state index in [1.54, 1.807) is 0 Å². The second-order valence-electron chi connectivity index (χ2n) is 3.30. The lowest BCUT2D eigenvalue weighted by Gasteiger charge is -2.00. The number of rotatable bonds is 1. The molecule has 3 nitrogen and oxygen atoms in total. The highest BCUT2D eigenvalue weighted by atomic mass is 19.1. The first kappa shape index (κ1) is 10.5. The Hall–Kier alpha value is -2.04. The van der Waals surface area contributed by atoms with Crippen LogP contribution in [0.1, 0.15) is 17.3 Å². The van der Waals surface area contributed by atoms with Gasteiger partial charge >= 0.3 is 5.63 Å². The third kappa shape index (κ3) is 1.60. The maximum absolute atomic E-state index is 13.3. The van der Waals surface area contributed by atoms with Crippen LogP contribution >= 0.6 is 0 Å². The van der Waals surface area contributed by atoms with Crippen LogP contribution in [-0.2, 0) is 0 Å². The summed E-state index contributed by atoms with van der Waals surface area (Å²) in [6.07, 6.45) is 0. The van der Waals surface area contributed by atoms with Crippen LogP contribution in [0.5, 0.6) is 0 Å². The second kappa shape index (κ2) is 3.52. The zero-order valence-corrected chi connectivity index (χ0v) is 8.21. The van der Waals surface area contributed by atoms with Gasteiger partial charge in [0.2, 0.25) is 0 Å². The van der Waals surface area contributed by atoms with Gasteiger partial charge in [-0.2, -0.15) is 0 Å². The number of ketones is 1. The van der Waals surface area contributed by atoms with E-state index >= 15 is 0 Å². The van der Waals surface area contributed by atoms with Crippen LogP contribution in [0, 0.1) is 11.6 Å². The molecule has 1 aromatic heterocycles. The van der Waals surface area contributed by atoms with Crippen LogP contribution in [0.3, 0.4) is 0 Å². The minimum Gasteiger partial charge on any atom is -0.422 e. The summed E-state index contributed by atoms with van der Waals surface area (Å²) in [5.41, 5.74) is -1.37. The first-order chi connectivity index (χ1) is 7.49. The van der Waals surface area contributed by atoms with Crippen molar-refractivity contribution < 1.29 is 18.0 Å². The van der Waals surface area contributed by atoms with Crippen molar-refractivity contribution in [1.82, 2.24) is 0 Å². The average Bonchev–Trinajstić information content (AvgIpc) is 2.15. The fourth-order valence-electron chi connectivity index (χ4n) is 1.39. The van der Waals surface area contributed by atoms with Gasteiger partial charge in [0, 0.05) is 12.1 Å². The number of carbonyl (C=O) groups is 1. The molecule has 0 aliphatic carbocycles. The summed E-state index contributed by atoms with van der Waals surface area (Å²) >= 11 is 0. The maximum atomic E-state index is 13.3. The molecule has 2 rings (SSSR count). The lowest BCUT2D eigenvalue weighted by molar-refractivity contribution is 0.101. The zero-order chi connectivity index (χ0) is 11.9. The lowest BCUT2D eigenvalue weighted by Crippen LogP contribution is -2.11. The summed E-state index contributed by atoms with van der Waals surface area (Å²) in [5.74, 6) is -2.25. The van der Waals surface area contributed by atoms with Crippen LogP contribution in [0.25, 0.3) is 11.0 Å². The van der Waals surface area contributed by atoms with Gasteiger partial charge in [0.1, 0.15) is 22.8 Å². The number of halogens is 2. The molecule has 0 aliphatic heterocycles. The van der Waals surface area contributed by atoms with Crippen molar-refractivity contribution in [3.8, 4) is 0 Å². The molecular weight excluding hydrogens is 218 g/mol. The van der Waals surface area contributed by atoms with E-state index in [-0.39, 0.29) is 16.5 Å². The van der Waals surface area contributed by atoms with Gasteiger partial charge in [-0.1, -0.05) is 0 Å². The summed E-state index contributed by atoms with van der Waals surface area (Å²) in [4.78, 5) is 22.3. The van der Waals surface area contributed by atoms with Crippen molar-refractivity contribution in [2.24, 2.45) is 0 Å². The highest BCUT2D eigenvalue weighted by Crippen LogP contribution is 2.19. The lowest BCUT2D eigenvalue weighted by atomic mass is 10.1. The summed E-state index contributed by atoms with van der Waals surface area (Å²) in [6, 6.07) is 2.62. The van der Waals surface area contributed by atoms with Gasteiger partial charge in [0.15, 0.2) is 5.78 Å². The number of hydrogen-bond acceptors (Lipinski definition) is 3. The molecule has 0 atom stereocenters. The van der Waals surface area contributed by atoms with Gasteiger partial charge in [-0.15, -0.1) is 0 Å². The predicted octanol–water partition coefficient (Wildman–Crippen LogP) is 2.27. The second-order valence-corrected chi connectivity index (χ2v) is 3.30. The van der Waals surface area contributed by atoms with Crippen LogP contribution < -0.4 is 5.63 Å². The van der Waals surface area contributed by atoms with Gasteiger partial charge in [-0.25, -0.2) is 13.6 Å². The van der Waals surface area contributed by atoms with Gasteiger partial charge < -0.3 is 4.42 Å². The maximum Gasteiger partial charge on any atom is 0.347 e. The molecule has 82 valence electrons. The molecule has 0 saturated heterocycles. The average molecular weight is 224 g/mol. The molecule has 0 radical (unpaired) electrons. The Morgan fingerprint density at radius 1 is 1.25 bits per heavy atom. The van der Waals surface area contributed by atoms with E-state index in [1.165, 1.54) is 6.92 Å². The highest BCUT2D eigenvalue weighted by Gasteiger charge is 2.13. The van der Waals surface area contributed by atoms with Crippen LogP contribution in [-0.4, -0.2) is 5.78 Å². The molecule has 0 bridgehead atoms. The van der Waals surface area contributed by atoms with Crippen molar-refractivity contribution in [3.05, 3.63) is 45.8 Å². The largest absolute Gasteiger partial charge is 0.422 e. The van der Waals surface area contributed by atoms with E-state index in [2.05, 4.69) is 4.42 Å². The Morgan fingerprint density at radius 3 is 2.56 bits per heavy atom. The first-order valence-corrected chi connectivity index (χ1v) is 4.43. The summed E-state index contributed by atoms with van der Waals surface area (Å²) in [6.45, 7) is 1.17. The van der Waals surface area contributed by atoms with Crippen LogP contribution in [0.4, 0.5) is 8.78 Å². The Kier molecular flexibility index (Phi) is 2.30. The molecule has 16 heavy (non-hydrogen) atoms. The number of fused-ring (bicyclic) bond motifs is 1. The van der Waals surface area contributed by atoms with Crippen LogP contribution in [0.2, 0.25) is 0 Å². The quantitative estimate of drug-likeness (QED) is 0.551. The number of hydrogen-bond donors (Lipinski definition) is 0. The van der Waals surface area contributed by atoms with Crippen molar-refractivity contribution in [2.45, 2.75) is 6.92 Å². The fourth-order valence-corrected chi connectivity index (χ4v) is 1.39. The minimum atomic E-state index is -0.898. The van der Waals surface area contributed by atoms with E-state index in [9.17, 15) is 18.4 Å². The number of benzene rings is 1. The van der Waals surface area contributed by atoms with Crippen LogP contribution in [0.15, 0.2) is 27.4 Å². The smallest absolute Gasteiger partial charge is 0.347 e. The van der Waals surface area contributed by atoms with Gasteiger partial charge in [0.05, 0.1) is 5.39 Å². The van der Waals surface area contributed by atoms with Gasteiger partial charge in [-0.3, -0.25) is 4.79 Å². The number of Topliss-reactive ketones (excluding diaryl/α,β-unsaturated/α-hetero) is 1. The molecule has 5 heteroatoms. The summed E-state index contributed by atoms with van der Waals surface area (Å²) in [5, 5.41) is -0.0915. The first-order valence-electron chi connectivity index (χ1n) is 4.43. The molecule has 0 fully saturated rings. The summed E-state index contributed by atoms with van der Waals surface area (Å²) < 4.78 is 30.8. The molecule has 2 aromatic rings. The highest BCUT2D eigenvalue weighted by molar-refractivity contribution is 5.96.